The molecule has 0 aliphatic rings. The molecule has 0 radical (unpaired) electrons. The first-order chi connectivity index (χ1) is 9.51. The van der Waals surface area contributed by atoms with E-state index >= 15 is 0 Å². The second kappa shape index (κ2) is 7.59. The number of esters is 1. The van der Waals surface area contributed by atoms with Crippen LogP contribution in [0.4, 0.5) is 0 Å². The van der Waals surface area contributed by atoms with E-state index in [1.54, 1.807) is 18.2 Å². The summed E-state index contributed by atoms with van der Waals surface area (Å²) < 4.78 is 14.6. The number of carbonyl (C=O) groups is 2. The third kappa shape index (κ3) is 4.31. The van der Waals surface area contributed by atoms with Gasteiger partial charge in [-0.25, -0.2) is 0 Å². The molecule has 110 valence electrons. The minimum atomic E-state index is -0.934. The zero-order chi connectivity index (χ0) is 15.1. The van der Waals surface area contributed by atoms with Crippen LogP contribution < -0.4 is 14.8 Å². The Morgan fingerprint density at radius 1 is 1.15 bits per heavy atom. The minimum absolute atomic E-state index is 0.0351. The van der Waals surface area contributed by atoms with E-state index in [1.807, 2.05) is 0 Å². The predicted octanol–water partition coefficient (Wildman–Crippen LogP) is 1.21. The molecule has 20 heavy (non-hydrogen) atoms. The van der Waals surface area contributed by atoms with Crippen molar-refractivity contribution in [2.75, 3.05) is 27.9 Å². The number of carbonyl (C=O) groups excluding carboxylic acids is 2. The van der Waals surface area contributed by atoms with E-state index in [4.69, 9.17) is 21.1 Å². The molecule has 1 unspecified atom stereocenters. The van der Waals surface area contributed by atoms with Crippen LogP contribution in [0.5, 0.6) is 11.5 Å². The Hall–Kier alpha value is -1.95. The quantitative estimate of drug-likeness (QED) is 0.631. The lowest BCUT2D eigenvalue weighted by molar-refractivity contribution is -0.140. The molecule has 6 nitrogen and oxygen atoms in total. The highest BCUT2D eigenvalue weighted by molar-refractivity contribution is 6.30. The summed E-state index contributed by atoms with van der Waals surface area (Å²) in [6.07, 6.45) is 0. The lowest BCUT2D eigenvalue weighted by Gasteiger charge is -2.11. The zero-order valence-electron chi connectivity index (χ0n) is 11.4. The van der Waals surface area contributed by atoms with Crippen LogP contribution in [0.15, 0.2) is 18.2 Å². The van der Waals surface area contributed by atoms with Gasteiger partial charge in [0.15, 0.2) is 0 Å². The molecule has 0 bridgehead atoms. The van der Waals surface area contributed by atoms with Crippen molar-refractivity contribution in [3.63, 3.8) is 0 Å². The zero-order valence-corrected chi connectivity index (χ0v) is 12.2. The molecule has 7 heteroatoms. The van der Waals surface area contributed by atoms with Gasteiger partial charge in [0, 0.05) is 18.2 Å². The number of benzene rings is 1. The van der Waals surface area contributed by atoms with Crippen LogP contribution in [0.3, 0.4) is 0 Å². The first-order valence-corrected chi connectivity index (χ1v) is 6.18. The molecule has 0 aromatic heterocycles. The number of alkyl halides is 1. The molecule has 0 spiro atoms. The second-order valence-electron chi connectivity index (χ2n) is 3.80. The molecule has 0 saturated carbocycles. The molecule has 1 rings (SSSR count). The summed E-state index contributed by atoms with van der Waals surface area (Å²) in [6.45, 7) is -0.0351. The molecule has 1 atom stereocenters. The number of amides is 1. The van der Waals surface area contributed by atoms with Crippen molar-refractivity contribution < 1.29 is 23.8 Å². The van der Waals surface area contributed by atoms with Crippen LogP contribution in [-0.4, -0.2) is 45.1 Å². The van der Waals surface area contributed by atoms with Crippen LogP contribution in [0, 0.1) is 0 Å². The first-order valence-electron chi connectivity index (χ1n) is 5.75. The fourth-order valence-corrected chi connectivity index (χ4v) is 1.60. The summed E-state index contributed by atoms with van der Waals surface area (Å²) in [5, 5.41) is 1.60. The maximum Gasteiger partial charge on any atom is 0.325 e. The highest BCUT2D eigenvalue weighted by atomic mass is 35.5. The average Bonchev–Trinajstić information content (AvgIpc) is 2.50. The van der Waals surface area contributed by atoms with E-state index in [1.165, 1.54) is 21.3 Å². The molecule has 1 aromatic carbocycles. The van der Waals surface area contributed by atoms with Crippen LogP contribution in [-0.2, 0) is 9.53 Å². The van der Waals surface area contributed by atoms with Crippen molar-refractivity contribution >= 4 is 23.5 Å². The fraction of sp³-hybridized carbons (Fsp3) is 0.385. The Bertz CT molecular complexity index is 469. The average molecular weight is 302 g/mol. The molecule has 1 aromatic rings. The third-order valence-electron chi connectivity index (χ3n) is 2.51. The van der Waals surface area contributed by atoms with Gasteiger partial charge in [0.1, 0.15) is 16.9 Å². The normalized spacial score (nSPS) is 11.4. The number of rotatable bonds is 6. The monoisotopic (exact) mass is 301 g/mol. The Morgan fingerprint density at radius 2 is 1.70 bits per heavy atom. The largest absolute Gasteiger partial charge is 0.497 e. The minimum Gasteiger partial charge on any atom is -0.497 e. The third-order valence-corrected chi connectivity index (χ3v) is 2.84. The lowest BCUT2D eigenvalue weighted by Crippen LogP contribution is -2.34. The van der Waals surface area contributed by atoms with Gasteiger partial charge in [-0.3, -0.25) is 9.59 Å². The molecular formula is C13H16ClNO5. The van der Waals surface area contributed by atoms with Gasteiger partial charge in [0.25, 0.3) is 5.91 Å². The summed E-state index contributed by atoms with van der Waals surface area (Å²) in [7, 11) is 4.21. The smallest absolute Gasteiger partial charge is 0.325 e. The van der Waals surface area contributed by atoms with Gasteiger partial charge in [-0.05, 0) is 12.1 Å². The Kier molecular flexibility index (Phi) is 6.11. The molecule has 0 aliphatic heterocycles. The van der Waals surface area contributed by atoms with E-state index in [0.717, 1.165) is 0 Å². The van der Waals surface area contributed by atoms with Gasteiger partial charge in [-0.2, -0.15) is 0 Å². The maximum atomic E-state index is 12.0. The second-order valence-corrected chi connectivity index (χ2v) is 4.33. The van der Waals surface area contributed by atoms with Gasteiger partial charge < -0.3 is 19.5 Å². The lowest BCUT2D eigenvalue weighted by atomic mass is 10.2. The molecular weight excluding hydrogens is 286 g/mol. The maximum absolute atomic E-state index is 12.0. The summed E-state index contributed by atoms with van der Waals surface area (Å²) in [5.74, 6) is -0.0123. The van der Waals surface area contributed by atoms with E-state index in [9.17, 15) is 9.59 Å². The highest BCUT2D eigenvalue weighted by Crippen LogP contribution is 2.22. The van der Waals surface area contributed by atoms with Crippen LogP contribution in [0.2, 0.25) is 0 Å². The van der Waals surface area contributed by atoms with Gasteiger partial charge in [-0.1, -0.05) is 0 Å². The van der Waals surface area contributed by atoms with E-state index in [0.29, 0.717) is 17.1 Å². The fourth-order valence-electron chi connectivity index (χ4n) is 1.43. The van der Waals surface area contributed by atoms with Gasteiger partial charge in [0.05, 0.1) is 21.3 Å². The number of hydrogen-bond acceptors (Lipinski definition) is 5. The number of hydrogen-bond donors (Lipinski definition) is 1. The summed E-state index contributed by atoms with van der Waals surface area (Å²) in [5.41, 5.74) is 0.343. The predicted molar refractivity (Wildman–Crippen MR) is 73.5 cm³/mol. The van der Waals surface area contributed by atoms with Gasteiger partial charge in [-0.15, -0.1) is 11.6 Å². The Balaban J connectivity index is 2.74. The van der Waals surface area contributed by atoms with E-state index < -0.39 is 17.3 Å². The highest BCUT2D eigenvalue weighted by Gasteiger charge is 2.17. The molecule has 1 amide bonds. The number of nitrogens with one attached hydrogen (secondary N) is 1. The molecule has 0 heterocycles. The van der Waals surface area contributed by atoms with Crippen molar-refractivity contribution in [2.24, 2.45) is 0 Å². The SMILES string of the molecule is COC(=O)C(Cl)CNC(=O)c1cc(OC)cc(OC)c1. The molecule has 0 aliphatic carbocycles. The summed E-state index contributed by atoms with van der Waals surface area (Å²) in [6, 6.07) is 4.76. The van der Waals surface area contributed by atoms with E-state index in [-0.39, 0.29) is 6.54 Å². The Morgan fingerprint density at radius 3 is 2.15 bits per heavy atom. The van der Waals surface area contributed by atoms with Crippen molar-refractivity contribution in [1.29, 1.82) is 0 Å². The summed E-state index contributed by atoms with van der Waals surface area (Å²) >= 11 is 5.74. The topological polar surface area (TPSA) is 73.9 Å². The Labute approximate surface area is 122 Å². The van der Waals surface area contributed by atoms with Crippen LogP contribution in [0.25, 0.3) is 0 Å². The van der Waals surface area contributed by atoms with Crippen molar-refractivity contribution in [3.05, 3.63) is 23.8 Å². The summed E-state index contributed by atoms with van der Waals surface area (Å²) in [4.78, 5) is 23.1. The molecule has 0 saturated heterocycles. The van der Waals surface area contributed by atoms with Crippen LogP contribution >= 0.6 is 11.6 Å². The number of ether oxygens (including phenoxy) is 3. The first kappa shape index (κ1) is 16.1. The van der Waals surface area contributed by atoms with Gasteiger partial charge in [0.2, 0.25) is 0 Å². The molecule has 0 fully saturated rings. The molecule has 1 N–H and O–H groups in total. The van der Waals surface area contributed by atoms with Gasteiger partial charge >= 0.3 is 5.97 Å². The van der Waals surface area contributed by atoms with Crippen molar-refractivity contribution in [2.45, 2.75) is 5.38 Å². The standard InChI is InChI=1S/C13H16ClNO5/c1-18-9-4-8(5-10(6-9)19-2)12(16)15-7-11(14)13(17)20-3/h4-6,11H,7H2,1-3H3,(H,15,16). The van der Waals surface area contributed by atoms with Crippen LogP contribution in [0.1, 0.15) is 10.4 Å². The van der Waals surface area contributed by atoms with Crippen molar-refractivity contribution in [3.8, 4) is 11.5 Å². The van der Waals surface area contributed by atoms with E-state index in [2.05, 4.69) is 10.1 Å². The van der Waals surface area contributed by atoms with Crippen molar-refractivity contribution in [1.82, 2.24) is 5.32 Å². The number of halogens is 1. The number of methoxy groups -OCH3 is 3.